The van der Waals surface area contributed by atoms with Crippen LogP contribution in [-0.4, -0.2) is 26.4 Å². The lowest BCUT2D eigenvalue weighted by atomic mass is 10.3. The van der Waals surface area contributed by atoms with E-state index in [0.29, 0.717) is 28.9 Å². The van der Waals surface area contributed by atoms with Gasteiger partial charge >= 0.3 is 0 Å². The number of fused-ring (bicyclic) bond motifs is 2. The van der Waals surface area contributed by atoms with Crippen LogP contribution in [0.15, 0.2) is 29.2 Å². The van der Waals surface area contributed by atoms with E-state index in [0.717, 1.165) is 12.0 Å². The predicted octanol–water partition coefficient (Wildman–Crippen LogP) is 1.63. The number of carbonyl (C=O) groups is 1. The topological polar surface area (TPSA) is 68.4 Å². The lowest BCUT2D eigenvalue weighted by Crippen LogP contribution is -2.25. The number of rotatable bonds is 3. The second kappa shape index (κ2) is 5.29. The molecule has 0 aliphatic heterocycles. The van der Waals surface area contributed by atoms with E-state index in [1.807, 2.05) is 19.9 Å². The van der Waals surface area contributed by atoms with Crippen LogP contribution in [0.2, 0.25) is 0 Å². The molecule has 0 aliphatic carbocycles. The van der Waals surface area contributed by atoms with Gasteiger partial charge in [0.05, 0.1) is 5.39 Å². The van der Waals surface area contributed by atoms with Gasteiger partial charge in [-0.1, -0.05) is 13.0 Å². The highest BCUT2D eigenvalue weighted by atomic mass is 16.2. The molecule has 6 heteroatoms. The van der Waals surface area contributed by atoms with Crippen LogP contribution in [0.25, 0.3) is 16.7 Å². The van der Waals surface area contributed by atoms with Gasteiger partial charge in [0.1, 0.15) is 17.0 Å². The van der Waals surface area contributed by atoms with E-state index in [9.17, 15) is 9.59 Å². The van der Waals surface area contributed by atoms with Crippen molar-refractivity contribution in [3.05, 3.63) is 46.0 Å². The third-order valence-electron chi connectivity index (χ3n) is 3.71. The molecule has 1 amide bonds. The van der Waals surface area contributed by atoms with Crippen molar-refractivity contribution in [1.82, 2.24) is 19.3 Å². The first kappa shape index (κ1) is 14.3. The Labute approximate surface area is 127 Å². The summed E-state index contributed by atoms with van der Waals surface area (Å²) in [7, 11) is 1.75. The monoisotopic (exact) mass is 298 g/mol. The zero-order valence-corrected chi connectivity index (χ0v) is 12.9. The smallest absolute Gasteiger partial charge is 0.267 e. The van der Waals surface area contributed by atoms with Gasteiger partial charge in [0, 0.05) is 19.8 Å². The zero-order chi connectivity index (χ0) is 15.9. The first-order valence-electron chi connectivity index (χ1n) is 7.29. The SMILES string of the molecule is CCCNC(=O)c1cc2c(=O)n3cc(C)ccc3nc2n1C. The molecule has 6 nitrogen and oxygen atoms in total. The van der Waals surface area contributed by atoms with Crippen molar-refractivity contribution in [3.63, 3.8) is 0 Å². The predicted molar refractivity (Wildman–Crippen MR) is 85.3 cm³/mol. The zero-order valence-electron chi connectivity index (χ0n) is 12.9. The van der Waals surface area contributed by atoms with E-state index in [1.165, 1.54) is 4.40 Å². The molecule has 0 radical (unpaired) electrons. The number of nitrogens with zero attached hydrogens (tertiary/aromatic N) is 3. The van der Waals surface area contributed by atoms with Crippen molar-refractivity contribution in [1.29, 1.82) is 0 Å². The molecule has 22 heavy (non-hydrogen) atoms. The van der Waals surface area contributed by atoms with Crippen molar-refractivity contribution in [2.45, 2.75) is 20.3 Å². The molecule has 0 unspecified atom stereocenters. The second-order valence-corrected chi connectivity index (χ2v) is 5.43. The summed E-state index contributed by atoms with van der Waals surface area (Å²) in [5, 5.41) is 3.28. The van der Waals surface area contributed by atoms with Crippen molar-refractivity contribution in [3.8, 4) is 0 Å². The maximum atomic E-state index is 12.6. The van der Waals surface area contributed by atoms with Crippen molar-refractivity contribution in [2.24, 2.45) is 7.05 Å². The van der Waals surface area contributed by atoms with Crippen LogP contribution in [0.3, 0.4) is 0 Å². The number of hydrogen-bond donors (Lipinski definition) is 1. The van der Waals surface area contributed by atoms with E-state index in [2.05, 4.69) is 10.3 Å². The van der Waals surface area contributed by atoms with Crippen LogP contribution in [-0.2, 0) is 7.05 Å². The maximum absolute atomic E-state index is 12.6. The number of carbonyl (C=O) groups excluding carboxylic acids is 1. The maximum Gasteiger partial charge on any atom is 0.267 e. The fourth-order valence-corrected chi connectivity index (χ4v) is 2.52. The minimum absolute atomic E-state index is 0.158. The summed E-state index contributed by atoms with van der Waals surface area (Å²) < 4.78 is 3.19. The van der Waals surface area contributed by atoms with Gasteiger partial charge in [-0.3, -0.25) is 14.0 Å². The third kappa shape index (κ3) is 2.16. The second-order valence-electron chi connectivity index (χ2n) is 5.43. The minimum Gasteiger partial charge on any atom is -0.351 e. The van der Waals surface area contributed by atoms with E-state index < -0.39 is 0 Å². The summed E-state index contributed by atoms with van der Waals surface area (Å²) >= 11 is 0. The van der Waals surface area contributed by atoms with E-state index >= 15 is 0 Å². The molecule has 0 fully saturated rings. The molecule has 3 aromatic rings. The van der Waals surface area contributed by atoms with Crippen molar-refractivity contribution < 1.29 is 4.79 Å². The molecule has 0 saturated heterocycles. The first-order valence-corrected chi connectivity index (χ1v) is 7.29. The summed E-state index contributed by atoms with van der Waals surface area (Å²) in [4.78, 5) is 29.3. The van der Waals surface area contributed by atoms with E-state index in [4.69, 9.17) is 0 Å². The average Bonchev–Trinajstić information content (AvgIpc) is 2.83. The highest BCUT2D eigenvalue weighted by Crippen LogP contribution is 2.15. The minimum atomic E-state index is -0.188. The highest BCUT2D eigenvalue weighted by molar-refractivity contribution is 5.98. The van der Waals surface area contributed by atoms with Gasteiger partial charge in [0.25, 0.3) is 11.5 Å². The molecular formula is C16H18N4O2. The van der Waals surface area contributed by atoms with Gasteiger partial charge in [-0.2, -0.15) is 0 Å². The Kier molecular flexibility index (Phi) is 3.44. The quantitative estimate of drug-likeness (QED) is 0.799. The Hall–Kier alpha value is -2.63. The Morgan fingerprint density at radius 2 is 2.14 bits per heavy atom. The number of aryl methyl sites for hydroxylation is 2. The van der Waals surface area contributed by atoms with Crippen LogP contribution < -0.4 is 10.9 Å². The van der Waals surface area contributed by atoms with Crippen LogP contribution in [0.4, 0.5) is 0 Å². The molecule has 0 atom stereocenters. The van der Waals surface area contributed by atoms with E-state index in [1.54, 1.807) is 29.9 Å². The molecule has 3 aromatic heterocycles. The average molecular weight is 298 g/mol. The Bertz CT molecular complexity index is 937. The van der Waals surface area contributed by atoms with Crippen LogP contribution in [0.1, 0.15) is 29.4 Å². The molecule has 3 rings (SSSR count). The molecule has 0 aliphatic rings. The van der Waals surface area contributed by atoms with Crippen LogP contribution in [0.5, 0.6) is 0 Å². The summed E-state index contributed by atoms with van der Waals surface area (Å²) in [5.74, 6) is -0.188. The van der Waals surface area contributed by atoms with Gasteiger partial charge in [0.2, 0.25) is 0 Å². The van der Waals surface area contributed by atoms with Gasteiger partial charge in [-0.05, 0) is 31.0 Å². The Balaban J connectivity index is 2.25. The molecule has 0 saturated carbocycles. The fraction of sp³-hybridized carbons (Fsp3) is 0.312. The number of amides is 1. The molecule has 0 aromatic carbocycles. The summed E-state index contributed by atoms with van der Waals surface area (Å²) in [6, 6.07) is 5.33. The van der Waals surface area contributed by atoms with Gasteiger partial charge in [-0.25, -0.2) is 4.98 Å². The number of pyridine rings is 1. The highest BCUT2D eigenvalue weighted by Gasteiger charge is 2.17. The Morgan fingerprint density at radius 1 is 1.36 bits per heavy atom. The van der Waals surface area contributed by atoms with Crippen molar-refractivity contribution >= 4 is 22.6 Å². The first-order chi connectivity index (χ1) is 10.5. The summed E-state index contributed by atoms with van der Waals surface area (Å²) in [6.45, 7) is 4.52. The third-order valence-corrected chi connectivity index (χ3v) is 3.71. The van der Waals surface area contributed by atoms with Crippen LogP contribution in [0, 0.1) is 6.92 Å². The molecule has 0 spiro atoms. The van der Waals surface area contributed by atoms with Gasteiger partial charge < -0.3 is 9.88 Å². The fourth-order valence-electron chi connectivity index (χ4n) is 2.52. The van der Waals surface area contributed by atoms with E-state index in [-0.39, 0.29) is 11.5 Å². The van der Waals surface area contributed by atoms with Gasteiger partial charge in [0.15, 0.2) is 0 Å². The van der Waals surface area contributed by atoms with Gasteiger partial charge in [-0.15, -0.1) is 0 Å². The Morgan fingerprint density at radius 3 is 2.86 bits per heavy atom. The molecular weight excluding hydrogens is 280 g/mol. The normalized spacial score (nSPS) is 11.2. The van der Waals surface area contributed by atoms with Crippen LogP contribution >= 0.6 is 0 Å². The largest absolute Gasteiger partial charge is 0.351 e. The molecule has 114 valence electrons. The number of nitrogens with one attached hydrogen (secondary N) is 1. The molecule has 0 bridgehead atoms. The molecule has 1 N–H and O–H groups in total. The standard InChI is InChI=1S/C16H18N4O2/c1-4-7-17-15(21)12-8-11-14(19(12)3)18-13-6-5-10(2)9-20(13)16(11)22/h5-6,8-9H,4,7H2,1-3H3,(H,17,21). The van der Waals surface area contributed by atoms with Crippen molar-refractivity contribution in [2.75, 3.05) is 6.54 Å². The number of hydrogen-bond acceptors (Lipinski definition) is 3. The number of aromatic nitrogens is 3. The lowest BCUT2D eigenvalue weighted by Gasteiger charge is -2.05. The summed E-state index contributed by atoms with van der Waals surface area (Å²) in [5.41, 5.74) is 2.36. The summed E-state index contributed by atoms with van der Waals surface area (Å²) in [6.07, 6.45) is 2.62. The lowest BCUT2D eigenvalue weighted by molar-refractivity contribution is 0.0946. The molecule has 3 heterocycles.